The average Bonchev–Trinajstić information content (AvgIpc) is 3.16. The van der Waals surface area contributed by atoms with Crippen LogP contribution in [-0.4, -0.2) is 69.0 Å². The average molecular weight is 553 g/mol. The molecule has 1 aliphatic heterocycles. The van der Waals surface area contributed by atoms with E-state index in [2.05, 4.69) is 0 Å². The van der Waals surface area contributed by atoms with Gasteiger partial charge in [0, 0.05) is 24.7 Å². The first kappa shape index (κ1) is 29.1. The highest BCUT2D eigenvalue weighted by Gasteiger charge is 2.34. The van der Waals surface area contributed by atoms with E-state index in [1.165, 1.54) is 28.6 Å². The fourth-order valence-electron chi connectivity index (χ4n) is 4.39. The number of nitrogen functional groups attached to an aromatic ring is 1. The Morgan fingerprint density at radius 1 is 1.11 bits per heavy atom. The summed E-state index contributed by atoms with van der Waals surface area (Å²) < 4.78 is 57.0. The van der Waals surface area contributed by atoms with Gasteiger partial charge in [-0.25, -0.2) is 16.8 Å². The normalized spacial score (nSPS) is 19.1. The second-order valence-electron chi connectivity index (χ2n) is 10.0. The minimum Gasteiger partial charge on any atom is -0.461 e. The Kier molecular flexibility index (Phi) is 9.74. The Bertz CT molecular complexity index is 1250. The Balaban J connectivity index is 1.80. The van der Waals surface area contributed by atoms with Crippen molar-refractivity contribution in [2.75, 3.05) is 30.3 Å². The minimum absolute atomic E-state index is 0.0161. The zero-order chi connectivity index (χ0) is 27.2. The molecule has 0 aromatic heterocycles. The molecule has 3 rings (SSSR count). The number of ether oxygens (including phenoxy) is 1. The smallest absolute Gasteiger partial charge is 0.306 e. The number of benzene rings is 2. The van der Waals surface area contributed by atoms with Crippen molar-refractivity contribution >= 4 is 31.5 Å². The molecule has 1 fully saturated rings. The van der Waals surface area contributed by atoms with Crippen LogP contribution in [0.1, 0.15) is 32.3 Å². The van der Waals surface area contributed by atoms with Gasteiger partial charge in [-0.05, 0) is 48.6 Å². The van der Waals surface area contributed by atoms with Crippen LogP contribution < -0.4 is 5.73 Å². The number of aliphatic hydroxyl groups excluding tert-OH is 1. The number of rotatable bonds is 12. The summed E-state index contributed by atoms with van der Waals surface area (Å²) >= 11 is 0. The van der Waals surface area contributed by atoms with Crippen molar-refractivity contribution in [1.82, 2.24) is 4.31 Å². The lowest BCUT2D eigenvalue weighted by molar-refractivity contribution is -0.150. The van der Waals surface area contributed by atoms with E-state index in [9.17, 15) is 26.7 Å². The van der Waals surface area contributed by atoms with E-state index in [0.717, 1.165) is 5.56 Å². The summed E-state index contributed by atoms with van der Waals surface area (Å²) in [6.07, 6.45) is -1.48. The molecule has 1 saturated heterocycles. The largest absolute Gasteiger partial charge is 0.461 e. The molecule has 0 bridgehead atoms. The number of nitrogens with zero attached hydrogens (tertiary/aromatic N) is 1. The van der Waals surface area contributed by atoms with Crippen LogP contribution >= 0.6 is 0 Å². The summed E-state index contributed by atoms with van der Waals surface area (Å²) in [6.45, 7) is 3.72. The SMILES string of the molecule is CC(C)CN(C[C@@H](O)[C@@H](CC(=O)O[C@H]1CCS(=O)(=O)C1)Cc1ccccc1)S(=O)(=O)c1ccc(N)cc1. The van der Waals surface area contributed by atoms with E-state index in [-0.39, 0.29) is 48.3 Å². The monoisotopic (exact) mass is 552 g/mol. The zero-order valence-electron chi connectivity index (χ0n) is 21.2. The summed E-state index contributed by atoms with van der Waals surface area (Å²) in [7, 11) is -7.15. The summed E-state index contributed by atoms with van der Waals surface area (Å²) in [6, 6.07) is 15.2. The zero-order valence-corrected chi connectivity index (χ0v) is 22.8. The standard InChI is InChI=1S/C26H36N2O7S2/c1-19(2)16-28(37(33,34)24-10-8-22(27)9-11-24)17-25(29)21(14-20-6-4-3-5-7-20)15-26(30)35-23-12-13-36(31,32)18-23/h3-11,19,21,23,25,29H,12-18,27H2,1-2H3/t21-,23+,25-/m1/s1. The van der Waals surface area contributed by atoms with Gasteiger partial charge in [-0.1, -0.05) is 44.2 Å². The number of sulfonamides is 1. The van der Waals surface area contributed by atoms with Gasteiger partial charge in [0.2, 0.25) is 10.0 Å². The summed E-state index contributed by atoms with van der Waals surface area (Å²) in [5, 5.41) is 11.3. The summed E-state index contributed by atoms with van der Waals surface area (Å²) in [5.74, 6) is -1.50. The molecule has 2 aromatic carbocycles. The van der Waals surface area contributed by atoms with Crippen molar-refractivity contribution in [2.24, 2.45) is 11.8 Å². The van der Waals surface area contributed by atoms with E-state index in [4.69, 9.17) is 10.5 Å². The van der Waals surface area contributed by atoms with Gasteiger partial charge < -0.3 is 15.6 Å². The van der Waals surface area contributed by atoms with Gasteiger partial charge in [0.15, 0.2) is 9.84 Å². The lowest BCUT2D eigenvalue weighted by Crippen LogP contribution is -2.43. The highest BCUT2D eigenvalue weighted by atomic mass is 32.2. The first-order chi connectivity index (χ1) is 17.4. The van der Waals surface area contributed by atoms with Crippen molar-refractivity contribution in [3.05, 3.63) is 60.2 Å². The first-order valence-electron chi connectivity index (χ1n) is 12.3. The van der Waals surface area contributed by atoms with E-state index < -0.39 is 44.0 Å². The van der Waals surface area contributed by atoms with Gasteiger partial charge in [-0.3, -0.25) is 4.79 Å². The third-order valence-corrected chi connectivity index (χ3v) is 9.86. The Hall–Kier alpha value is -2.47. The maximum absolute atomic E-state index is 13.4. The molecular weight excluding hydrogens is 516 g/mol. The highest BCUT2D eigenvalue weighted by molar-refractivity contribution is 7.91. The molecular formula is C26H36N2O7S2. The van der Waals surface area contributed by atoms with Gasteiger partial charge in [-0.2, -0.15) is 4.31 Å². The van der Waals surface area contributed by atoms with Gasteiger partial charge >= 0.3 is 5.97 Å². The second kappa shape index (κ2) is 12.4. The number of carbonyl (C=O) groups excluding carboxylic acids is 1. The third kappa shape index (κ3) is 8.53. The molecule has 0 spiro atoms. The van der Waals surface area contributed by atoms with E-state index in [1.54, 1.807) is 0 Å². The number of sulfone groups is 1. The molecule has 204 valence electrons. The number of hydrogen-bond acceptors (Lipinski definition) is 8. The number of esters is 1. The molecule has 9 nitrogen and oxygen atoms in total. The number of anilines is 1. The predicted octanol–water partition coefficient (Wildman–Crippen LogP) is 2.26. The van der Waals surface area contributed by atoms with Crippen LogP contribution in [0.3, 0.4) is 0 Å². The molecule has 0 amide bonds. The molecule has 0 unspecified atom stereocenters. The lowest BCUT2D eigenvalue weighted by Gasteiger charge is -2.30. The maximum atomic E-state index is 13.4. The van der Waals surface area contributed by atoms with Crippen LogP contribution in [0.25, 0.3) is 0 Å². The van der Waals surface area contributed by atoms with Crippen molar-refractivity contribution in [1.29, 1.82) is 0 Å². The predicted molar refractivity (Wildman–Crippen MR) is 142 cm³/mol. The fraction of sp³-hybridized carbons (Fsp3) is 0.500. The summed E-state index contributed by atoms with van der Waals surface area (Å²) in [4.78, 5) is 12.8. The number of hydrogen-bond donors (Lipinski definition) is 2. The quantitative estimate of drug-likeness (QED) is 0.301. The molecule has 1 aliphatic rings. The number of aliphatic hydroxyl groups is 1. The third-order valence-electron chi connectivity index (χ3n) is 6.28. The molecule has 11 heteroatoms. The van der Waals surface area contributed by atoms with Crippen LogP contribution in [0, 0.1) is 11.8 Å². The van der Waals surface area contributed by atoms with Gasteiger partial charge in [0.1, 0.15) is 6.10 Å². The van der Waals surface area contributed by atoms with Crippen LogP contribution in [-0.2, 0) is 35.8 Å². The first-order valence-corrected chi connectivity index (χ1v) is 15.6. The van der Waals surface area contributed by atoms with Crippen LogP contribution in [0.15, 0.2) is 59.5 Å². The van der Waals surface area contributed by atoms with E-state index >= 15 is 0 Å². The van der Waals surface area contributed by atoms with Crippen LogP contribution in [0.5, 0.6) is 0 Å². The van der Waals surface area contributed by atoms with Gasteiger partial charge in [0.25, 0.3) is 0 Å². The molecule has 0 saturated carbocycles. The maximum Gasteiger partial charge on any atom is 0.306 e. The Morgan fingerprint density at radius 2 is 1.76 bits per heavy atom. The fourth-order valence-corrected chi connectivity index (χ4v) is 7.60. The lowest BCUT2D eigenvalue weighted by atomic mass is 9.90. The van der Waals surface area contributed by atoms with Crippen molar-refractivity contribution < 1.29 is 31.5 Å². The highest BCUT2D eigenvalue weighted by Crippen LogP contribution is 2.24. The van der Waals surface area contributed by atoms with E-state index in [1.807, 2.05) is 44.2 Å². The van der Waals surface area contributed by atoms with Gasteiger partial charge in [-0.15, -0.1) is 0 Å². The molecule has 37 heavy (non-hydrogen) atoms. The Labute approximate surface area is 219 Å². The molecule has 1 heterocycles. The van der Waals surface area contributed by atoms with Crippen LogP contribution in [0.4, 0.5) is 5.69 Å². The van der Waals surface area contributed by atoms with Crippen LogP contribution in [0.2, 0.25) is 0 Å². The Morgan fingerprint density at radius 3 is 2.32 bits per heavy atom. The number of nitrogens with two attached hydrogens (primary N) is 1. The molecule has 3 atom stereocenters. The molecule has 0 radical (unpaired) electrons. The van der Waals surface area contributed by atoms with Gasteiger partial charge in [0.05, 0.1) is 28.9 Å². The van der Waals surface area contributed by atoms with Crippen molar-refractivity contribution in [3.8, 4) is 0 Å². The van der Waals surface area contributed by atoms with E-state index in [0.29, 0.717) is 12.1 Å². The molecule has 2 aromatic rings. The second-order valence-corrected chi connectivity index (χ2v) is 14.2. The van der Waals surface area contributed by atoms with Crippen molar-refractivity contribution in [3.63, 3.8) is 0 Å². The summed E-state index contributed by atoms with van der Waals surface area (Å²) in [5.41, 5.74) is 7.03. The van der Waals surface area contributed by atoms with Crippen molar-refractivity contribution in [2.45, 2.75) is 50.2 Å². The number of carbonyl (C=O) groups is 1. The topological polar surface area (TPSA) is 144 Å². The molecule has 3 N–H and O–H groups in total. The minimum atomic E-state index is -3.94. The molecule has 0 aliphatic carbocycles.